The molecule has 164 valence electrons. The standard InChI is InChI=1S/C23H22FN5O3/c1-14(13-32-3)26-22(30)20-10-21(27-29(23(20)31)19-11-25-28(2)12-19)17-5-4-16-9-18(24)7-6-15(16)8-17/h4-12,14H,13H2,1-3H3,(H,26,30)/t14-/m0/s1. The molecule has 0 radical (unpaired) electrons. The highest BCUT2D eigenvalue weighted by molar-refractivity contribution is 5.95. The second-order valence-corrected chi connectivity index (χ2v) is 7.57. The molecule has 2 aromatic heterocycles. The number of hydrogen-bond donors (Lipinski definition) is 1. The van der Waals surface area contributed by atoms with Gasteiger partial charge in [0.1, 0.15) is 17.1 Å². The fourth-order valence-corrected chi connectivity index (χ4v) is 3.46. The molecular weight excluding hydrogens is 413 g/mol. The van der Waals surface area contributed by atoms with E-state index in [0.717, 1.165) is 15.5 Å². The number of ether oxygens (including phenoxy) is 1. The molecule has 0 aliphatic rings. The predicted octanol–water partition coefficient (Wildman–Crippen LogP) is 2.69. The predicted molar refractivity (Wildman–Crippen MR) is 118 cm³/mol. The summed E-state index contributed by atoms with van der Waals surface area (Å²) in [5.41, 5.74) is 0.916. The van der Waals surface area contributed by atoms with Crippen LogP contribution in [0.15, 0.2) is 59.7 Å². The Labute approximate surface area is 183 Å². The first-order valence-electron chi connectivity index (χ1n) is 9.98. The van der Waals surface area contributed by atoms with Gasteiger partial charge in [0.05, 0.1) is 24.7 Å². The average Bonchev–Trinajstić information content (AvgIpc) is 3.19. The number of nitrogens with zero attached hydrogens (tertiary/aromatic N) is 4. The van der Waals surface area contributed by atoms with Crippen molar-refractivity contribution in [3.63, 3.8) is 0 Å². The van der Waals surface area contributed by atoms with Gasteiger partial charge < -0.3 is 10.1 Å². The van der Waals surface area contributed by atoms with Crippen LogP contribution in [0.2, 0.25) is 0 Å². The molecule has 1 atom stereocenters. The van der Waals surface area contributed by atoms with E-state index in [1.54, 1.807) is 43.0 Å². The van der Waals surface area contributed by atoms with Gasteiger partial charge in [-0.1, -0.05) is 18.2 Å². The number of carbonyl (C=O) groups excluding carboxylic acids is 1. The lowest BCUT2D eigenvalue weighted by Crippen LogP contribution is -2.39. The summed E-state index contributed by atoms with van der Waals surface area (Å²) < 4.78 is 21.3. The van der Waals surface area contributed by atoms with Crippen LogP contribution in [0.1, 0.15) is 17.3 Å². The first-order valence-corrected chi connectivity index (χ1v) is 9.98. The largest absolute Gasteiger partial charge is 0.383 e. The third-order valence-corrected chi connectivity index (χ3v) is 4.98. The van der Waals surface area contributed by atoms with Crippen molar-refractivity contribution in [2.45, 2.75) is 13.0 Å². The Morgan fingerprint density at radius 2 is 1.94 bits per heavy atom. The Morgan fingerprint density at radius 1 is 1.19 bits per heavy atom. The van der Waals surface area contributed by atoms with Crippen LogP contribution < -0.4 is 10.9 Å². The lowest BCUT2D eigenvalue weighted by atomic mass is 10.0. The van der Waals surface area contributed by atoms with Crippen LogP contribution in [0.25, 0.3) is 27.7 Å². The Morgan fingerprint density at radius 3 is 2.66 bits per heavy atom. The number of hydrogen-bond acceptors (Lipinski definition) is 5. The third kappa shape index (κ3) is 4.28. The number of nitrogens with one attached hydrogen (secondary N) is 1. The summed E-state index contributed by atoms with van der Waals surface area (Å²) in [5.74, 6) is -0.846. The Hall–Kier alpha value is -3.85. The molecule has 4 aromatic rings. The van der Waals surface area contributed by atoms with Crippen molar-refractivity contribution in [3.8, 4) is 16.9 Å². The van der Waals surface area contributed by atoms with Gasteiger partial charge in [-0.05, 0) is 42.0 Å². The molecule has 0 saturated heterocycles. The Balaban J connectivity index is 1.86. The smallest absolute Gasteiger partial charge is 0.284 e. The van der Waals surface area contributed by atoms with Crippen molar-refractivity contribution in [1.29, 1.82) is 0 Å². The number of halogens is 1. The molecule has 0 fully saturated rings. The van der Waals surface area contributed by atoms with Crippen LogP contribution in [0.4, 0.5) is 4.39 Å². The molecule has 2 aromatic carbocycles. The fourth-order valence-electron chi connectivity index (χ4n) is 3.46. The highest BCUT2D eigenvalue weighted by atomic mass is 19.1. The highest BCUT2D eigenvalue weighted by Crippen LogP contribution is 2.24. The minimum absolute atomic E-state index is 0.0546. The molecule has 0 bridgehead atoms. The van der Waals surface area contributed by atoms with Gasteiger partial charge in [0.25, 0.3) is 11.5 Å². The number of carbonyl (C=O) groups is 1. The highest BCUT2D eigenvalue weighted by Gasteiger charge is 2.19. The first kappa shape index (κ1) is 21.4. The van der Waals surface area contributed by atoms with E-state index in [2.05, 4.69) is 15.5 Å². The lowest BCUT2D eigenvalue weighted by molar-refractivity contribution is 0.0903. The Bertz CT molecular complexity index is 1360. The van der Waals surface area contributed by atoms with Gasteiger partial charge in [0.15, 0.2) is 0 Å². The first-order chi connectivity index (χ1) is 15.4. The molecule has 1 amide bonds. The van der Waals surface area contributed by atoms with E-state index in [9.17, 15) is 14.0 Å². The van der Waals surface area contributed by atoms with Crippen LogP contribution in [0.5, 0.6) is 0 Å². The summed E-state index contributed by atoms with van der Waals surface area (Å²) >= 11 is 0. The van der Waals surface area contributed by atoms with Gasteiger partial charge in [-0.2, -0.15) is 14.9 Å². The second kappa shape index (κ2) is 8.72. The lowest BCUT2D eigenvalue weighted by Gasteiger charge is -2.14. The maximum atomic E-state index is 13.5. The molecule has 4 rings (SSSR count). The molecule has 0 aliphatic carbocycles. The van der Waals surface area contributed by atoms with Crippen LogP contribution >= 0.6 is 0 Å². The molecule has 0 saturated carbocycles. The molecule has 0 unspecified atom stereocenters. The number of aryl methyl sites for hydroxylation is 1. The monoisotopic (exact) mass is 435 g/mol. The van der Waals surface area contributed by atoms with Crippen LogP contribution in [-0.2, 0) is 11.8 Å². The summed E-state index contributed by atoms with van der Waals surface area (Å²) in [6.45, 7) is 2.09. The van der Waals surface area contributed by atoms with Crippen molar-refractivity contribution in [3.05, 3.63) is 76.6 Å². The number of aromatic nitrogens is 4. The van der Waals surface area contributed by atoms with E-state index < -0.39 is 11.5 Å². The summed E-state index contributed by atoms with van der Waals surface area (Å²) in [6.07, 6.45) is 3.13. The Kier molecular flexibility index (Phi) is 5.83. The molecule has 32 heavy (non-hydrogen) atoms. The van der Waals surface area contributed by atoms with Crippen molar-refractivity contribution < 1.29 is 13.9 Å². The summed E-state index contributed by atoms with van der Waals surface area (Å²) in [5, 5.41) is 12.9. The van der Waals surface area contributed by atoms with Gasteiger partial charge in [-0.3, -0.25) is 14.3 Å². The topological polar surface area (TPSA) is 91.0 Å². The number of methoxy groups -OCH3 is 1. The van der Waals surface area contributed by atoms with Gasteiger partial charge in [-0.25, -0.2) is 4.39 Å². The number of fused-ring (bicyclic) bond motifs is 1. The zero-order valence-corrected chi connectivity index (χ0v) is 17.9. The van der Waals surface area contributed by atoms with Crippen molar-refractivity contribution >= 4 is 16.7 Å². The number of amides is 1. The second-order valence-electron chi connectivity index (χ2n) is 7.57. The van der Waals surface area contributed by atoms with Gasteiger partial charge in [-0.15, -0.1) is 0 Å². The summed E-state index contributed by atoms with van der Waals surface area (Å²) in [6, 6.07) is 11.1. The van der Waals surface area contributed by atoms with Crippen molar-refractivity contribution in [2.24, 2.45) is 7.05 Å². The molecule has 9 heteroatoms. The molecule has 0 spiro atoms. The van der Waals surface area contributed by atoms with E-state index in [4.69, 9.17) is 4.74 Å². The SMILES string of the molecule is COC[C@H](C)NC(=O)c1cc(-c2ccc3cc(F)ccc3c2)nn(-c2cnn(C)c2)c1=O. The fraction of sp³-hybridized carbons (Fsp3) is 0.217. The van der Waals surface area contributed by atoms with Crippen molar-refractivity contribution in [1.82, 2.24) is 24.9 Å². The van der Waals surface area contributed by atoms with E-state index in [0.29, 0.717) is 23.6 Å². The minimum Gasteiger partial charge on any atom is -0.383 e. The van der Waals surface area contributed by atoms with Crippen LogP contribution in [0, 0.1) is 5.82 Å². The normalized spacial score (nSPS) is 12.1. The van der Waals surface area contributed by atoms with E-state index in [1.165, 1.54) is 31.5 Å². The van der Waals surface area contributed by atoms with Crippen LogP contribution in [0.3, 0.4) is 0 Å². The maximum Gasteiger partial charge on any atom is 0.284 e. The summed E-state index contributed by atoms with van der Waals surface area (Å²) in [7, 11) is 3.26. The van der Waals surface area contributed by atoms with Crippen molar-refractivity contribution in [2.75, 3.05) is 13.7 Å². The molecule has 0 aliphatic heterocycles. The van der Waals surface area contributed by atoms with E-state index in [-0.39, 0.29) is 17.4 Å². The average molecular weight is 435 g/mol. The third-order valence-electron chi connectivity index (χ3n) is 4.98. The number of benzene rings is 2. The maximum absolute atomic E-state index is 13.5. The van der Waals surface area contributed by atoms with Gasteiger partial charge in [0, 0.05) is 25.8 Å². The quantitative estimate of drug-likeness (QED) is 0.503. The van der Waals surface area contributed by atoms with Crippen LogP contribution in [-0.4, -0.2) is 45.2 Å². The minimum atomic E-state index is -0.563. The van der Waals surface area contributed by atoms with E-state index >= 15 is 0 Å². The molecule has 1 N–H and O–H groups in total. The number of rotatable bonds is 6. The summed E-state index contributed by atoms with van der Waals surface area (Å²) in [4.78, 5) is 26.0. The molecular formula is C23H22FN5O3. The molecule has 8 nitrogen and oxygen atoms in total. The zero-order chi connectivity index (χ0) is 22.8. The van der Waals surface area contributed by atoms with Gasteiger partial charge >= 0.3 is 0 Å². The zero-order valence-electron chi connectivity index (χ0n) is 17.9. The van der Waals surface area contributed by atoms with Gasteiger partial charge in [0.2, 0.25) is 0 Å². The molecule has 2 heterocycles. The van der Waals surface area contributed by atoms with E-state index in [1.807, 2.05) is 6.07 Å².